The van der Waals surface area contributed by atoms with Crippen molar-refractivity contribution in [3.8, 4) is 0 Å². The fourth-order valence-corrected chi connectivity index (χ4v) is 2.27. The molecule has 5 heteroatoms. The predicted molar refractivity (Wildman–Crippen MR) is 58.7 cm³/mol. The number of nitrogens with two attached hydrogens (primary N) is 1. The second-order valence-corrected chi connectivity index (χ2v) is 4.70. The van der Waals surface area contributed by atoms with Crippen molar-refractivity contribution in [1.29, 1.82) is 0 Å². The maximum atomic E-state index is 9.65. The minimum Gasteiger partial charge on any atom is -0.383 e. The molecule has 5 nitrogen and oxygen atoms in total. The topological polar surface area (TPSA) is 85.2 Å². The van der Waals surface area contributed by atoms with E-state index in [9.17, 15) is 5.11 Å². The molecule has 0 aromatic carbocycles. The monoisotopic (exact) mass is 225 g/mol. The van der Waals surface area contributed by atoms with E-state index in [1.54, 1.807) is 0 Å². The van der Waals surface area contributed by atoms with Crippen molar-refractivity contribution in [2.45, 2.75) is 44.6 Å². The van der Waals surface area contributed by atoms with Crippen molar-refractivity contribution in [3.63, 3.8) is 0 Å². The molecule has 1 aromatic rings. The first kappa shape index (κ1) is 11.5. The van der Waals surface area contributed by atoms with E-state index in [0.29, 0.717) is 24.8 Å². The third kappa shape index (κ3) is 2.41. The van der Waals surface area contributed by atoms with Gasteiger partial charge in [-0.25, -0.2) is 0 Å². The number of aromatic nitrogens is 2. The summed E-state index contributed by atoms with van der Waals surface area (Å²) in [5, 5.41) is 13.6. The Labute approximate surface area is 95.0 Å². The molecule has 0 saturated heterocycles. The highest BCUT2D eigenvalue weighted by molar-refractivity contribution is 5.00. The summed E-state index contributed by atoms with van der Waals surface area (Å²) < 4.78 is 5.06. The lowest BCUT2D eigenvalue weighted by atomic mass is 10.1. The van der Waals surface area contributed by atoms with E-state index in [2.05, 4.69) is 17.1 Å². The zero-order valence-corrected chi connectivity index (χ0v) is 9.59. The van der Waals surface area contributed by atoms with Crippen LogP contribution in [0, 0.1) is 5.92 Å². The van der Waals surface area contributed by atoms with Crippen LogP contribution in [0.5, 0.6) is 0 Å². The summed E-state index contributed by atoms with van der Waals surface area (Å²) in [5.41, 5.74) is 5.36. The molecule has 1 fully saturated rings. The van der Waals surface area contributed by atoms with Crippen LogP contribution < -0.4 is 5.73 Å². The van der Waals surface area contributed by atoms with Gasteiger partial charge in [-0.05, 0) is 38.1 Å². The quantitative estimate of drug-likeness (QED) is 0.808. The molecule has 1 aromatic heterocycles. The van der Waals surface area contributed by atoms with Crippen molar-refractivity contribution in [2.24, 2.45) is 11.7 Å². The number of hydrogen-bond donors (Lipinski definition) is 2. The molecule has 0 radical (unpaired) electrons. The van der Waals surface area contributed by atoms with Crippen LogP contribution in [0.25, 0.3) is 0 Å². The molecule has 1 aliphatic rings. The van der Waals surface area contributed by atoms with Crippen molar-refractivity contribution < 1.29 is 9.63 Å². The van der Waals surface area contributed by atoms with Gasteiger partial charge in [0.2, 0.25) is 0 Å². The second-order valence-electron chi connectivity index (χ2n) is 4.70. The van der Waals surface area contributed by atoms with Crippen molar-refractivity contribution in [1.82, 2.24) is 10.1 Å². The largest absolute Gasteiger partial charge is 0.383 e. The van der Waals surface area contributed by atoms with E-state index in [1.807, 2.05) is 0 Å². The molecular formula is C11H19N3O2. The van der Waals surface area contributed by atoms with E-state index in [-0.39, 0.29) is 0 Å². The SMILES string of the molecule is CC1CCC(c2noc(C(O)CCN)n2)C1. The Morgan fingerprint density at radius 3 is 3.00 bits per heavy atom. The third-order valence-corrected chi connectivity index (χ3v) is 3.24. The number of aliphatic hydroxyl groups excluding tert-OH is 1. The Morgan fingerprint density at radius 2 is 2.38 bits per heavy atom. The van der Waals surface area contributed by atoms with Crippen molar-refractivity contribution in [2.75, 3.05) is 6.54 Å². The highest BCUT2D eigenvalue weighted by Gasteiger charge is 2.27. The molecule has 90 valence electrons. The summed E-state index contributed by atoms with van der Waals surface area (Å²) in [4.78, 5) is 4.26. The summed E-state index contributed by atoms with van der Waals surface area (Å²) in [7, 11) is 0. The smallest absolute Gasteiger partial charge is 0.255 e. The lowest BCUT2D eigenvalue weighted by Gasteiger charge is -2.03. The van der Waals surface area contributed by atoms with Crippen LogP contribution in [0.1, 0.15) is 56.3 Å². The van der Waals surface area contributed by atoms with Gasteiger partial charge in [0.05, 0.1) is 0 Å². The first-order chi connectivity index (χ1) is 7.70. The van der Waals surface area contributed by atoms with Gasteiger partial charge in [0.1, 0.15) is 6.10 Å². The average Bonchev–Trinajstić information content (AvgIpc) is 2.85. The first-order valence-electron chi connectivity index (χ1n) is 5.92. The highest BCUT2D eigenvalue weighted by Crippen LogP contribution is 2.36. The van der Waals surface area contributed by atoms with E-state index in [4.69, 9.17) is 10.3 Å². The molecule has 0 aliphatic heterocycles. The van der Waals surface area contributed by atoms with Gasteiger partial charge in [0, 0.05) is 5.92 Å². The van der Waals surface area contributed by atoms with Crippen molar-refractivity contribution in [3.05, 3.63) is 11.7 Å². The molecule has 0 spiro atoms. The zero-order chi connectivity index (χ0) is 11.5. The van der Waals surface area contributed by atoms with E-state index in [1.165, 1.54) is 6.42 Å². The summed E-state index contributed by atoms with van der Waals surface area (Å²) >= 11 is 0. The molecule has 3 N–H and O–H groups in total. The van der Waals surface area contributed by atoms with Crippen LogP contribution in [0.4, 0.5) is 0 Å². The second kappa shape index (κ2) is 4.93. The summed E-state index contributed by atoms with van der Waals surface area (Å²) in [6.45, 7) is 2.66. The van der Waals surface area contributed by atoms with Gasteiger partial charge >= 0.3 is 0 Å². The lowest BCUT2D eigenvalue weighted by molar-refractivity contribution is 0.127. The van der Waals surface area contributed by atoms with Gasteiger partial charge in [0.15, 0.2) is 5.82 Å². The van der Waals surface area contributed by atoms with E-state index >= 15 is 0 Å². The first-order valence-corrected chi connectivity index (χ1v) is 5.92. The van der Waals surface area contributed by atoms with Crippen LogP contribution in [-0.2, 0) is 0 Å². The minimum atomic E-state index is -0.718. The van der Waals surface area contributed by atoms with Gasteiger partial charge in [0.25, 0.3) is 5.89 Å². The molecule has 1 heterocycles. The summed E-state index contributed by atoms with van der Waals surface area (Å²) in [6.07, 6.45) is 3.20. The van der Waals surface area contributed by atoms with E-state index < -0.39 is 6.10 Å². The average molecular weight is 225 g/mol. The highest BCUT2D eigenvalue weighted by atomic mass is 16.5. The Kier molecular flexibility index (Phi) is 3.56. The van der Waals surface area contributed by atoms with Crippen LogP contribution in [0.2, 0.25) is 0 Å². The molecule has 1 aliphatic carbocycles. The Morgan fingerprint density at radius 1 is 1.56 bits per heavy atom. The molecule has 16 heavy (non-hydrogen) atoms. The van der Waals surface area contributed by atoms with Gasteiger partial charge in [-0.2, -0.15) is 4.98 Å². The van der Waals surface area contributed by atoms with Crippen LogP contribution >= 0.6 is 0 Å². The summed E-state index contributed by atoms with van der Waals surface area (Å²) in [6, 6.07) is 0. The van der Waals surface area contributed by atoms with Crippen LogP contribution in [-0.4, -0.2) is 21.8 Å². The van der Waals surface area contributed by atoms with E-state index in [0.717, 1.165) is 24.6 Å². The van der Waals surface area contributed by atoms with Gasteiger partial charge in [-0.3, -0.25) is 0 Å². The third-order valence-electron chi connectivity index (χ3n) is 3.24. The van der Waals surface area contributed by atoms with Gasteiger partial charge < -0.3 is 15.4 Å². The molecule has 3 atom stereocenters. The van der Waals surface area contributed by atoms with Crippen LogP contribution in [0.15, 0.2) is 4.52 Å². The van der Waals surface area contributed by atoms with Gasteiger partial charge in [-0.15, -0.1) is 0 Å². The Hall–Kier alpha value is -0.940. The van der Waals surface area contributed by atoms with Crippen LogP contribution in [0.3, 0.4) is 0 Å². The molecular weight excluding hydrogens is 206 g/mol. The molecule has 2 rings (SSSR count). The predicted octanol–water partition coefficient (Wildman–Crippen LogP) is 1.36. The molecule has 0 bridgehead atoms. The summed E-state index contributed by atoms with van der Waals surface area (Å²) in [5.74, 6) is 2.19. The normalized spacial score (nSPS) is 27.2. The number of nitrogens with zero attached hydrogens (tertiary/aromatic N) is 2. The standard InChI is InChI=1S/C11H19N3O2/c1-7-2-3-8(6-7)10-13-11(16-14-10)9(15)4-5-12/h7-9,15H,2-6,12H2,1H3. The number of rotatable bonds is 4. The fraction of sp³-hybridized carbons (Fsp3) is 0.818. The number of aliphatic hydroxyl groups is 1. The number of hydrogen-bond acceptors (Lipinski definition) is 5. The fourth-order valence-electron chi connectivity index (χ4n) is 2.27. The maximum absolute atomic E-state index is 9.65. The minimum absolute atomic E-state index is 0.306. The van der Waals surface area contributed by atoms with Gasteiger partial charge in [-0.1, -0.05) is 12.1 Å². The molecule has 3 unspecified atom stereocenters. The zero-order valence-electron chi connectivity index (χ0n) is 9.59. The molecule has 0 amide bonds. The van der Waals surface area contributed by atoms with Crippen molar-refractivity contribution >= 4 is 0 Å². The lowest BCUT2D eigenvalue weighted by Crippen LogP contribution is -2.07. The Balaban J connectivity index is 2.01. The maximum Gasteiger partial charge on any atom is 0.255 e. The molecule has 1 saturated carbocycles. The Bertz CT molecular complexity index is 340.